The maximum atomic E-state index is 12.2. The van der Waals surface area contributed by atoms with E-state index in [1.807, 2.05) is 12.3 Å². The van der Waals surface area contributed by atoms with Crippen molar-refractivity contribution in [2.24, 2.45) is 0 Å². The van der Waals surface area contributed by atoms with Crippen molar-refractivity contribution >= 4 is 28.4 Å². The number of allylic oxidation sites excluding steroid dienone is 6. The molecule has 0 aliphatic heterocycles. The summed E-state index contributed by atoms with van der Waals surface area (Å²) < 4.78 is 2.08. The van der Waals surface area contributed by atoms with E-state index in [-0.39, 0.29) is 5.43 Å². The minimum Gasteiger partial charge on any atom is -0.302 e. The minimum absolute atomic E-state index is 0.0387. The van der Waals surface area contributed by atoms with Crippen molar-refractivity contribution in [3.05, 3.63) is 65.1 Å². The molecule has 0 saturated heterocycles. The molecule has 0 saturated carbocycles. The second-order valence-corrected chi connectivity index (χ2v) is 5.26. The predicted molar refractivity (Wildman–Crippen MR) is 85.0 cm³/mol. The Morgan fingerprint density at radius 2 is 2.25 bits per heavy atom. The monoisotopic (exact) mass is 282 g/mol. The van der Waals surface area contributed by atoms with Crippen LogP contribution in [0.2, 0.25) is 0 Å². The van der Waals surface area contributed by atoms with Gasteiger partial charge in [-0.2, -0.15) is 0 Å². The lowest BCUT2D eigenvalue weighted by Crippen LogP contribution is -2.10. The van der Waals surface area contributed by atoms with E-state index in [2.05, 4.69) is 33.9 Å². The van der Waals surface area contributed by atoms with Gasteiger partial charge in [-0.05, 0) is 30.9 Å². The number of thioether (sulfide) groups is 1. The van der Waals surface area contributed by atoms with Crippen LogP contribution < -0.4 is 5.43 Å². The summed E-state index contributed by atoms with van der Waals surface area (Å²) >= 11 is 1.56. The molecule has 2 aromatic heterocycles. The molecule has 100 valence electrons. The van der Waals surface area contributed by atoms with Crippen molar-refractivity contribution in [2.45, 2.75) is 11.4 Å². The van der Waals surface area contributed by atoms with Gasteiger partial charge in [0.15, 0.2) is 5.43 Å². The zero-order chi connectivity index (χ0) is 13.9. The largest absolute Gasteiger partial charge is 0.302 e. The Balaban J connectivity index is 2.38. The van der Waals surface area contributed by atoms with Crippen LogP contribution in [0.3, 0.4) is 0 Å². The molecule has 0 N–H and O–H groups in total. The Morgan fingerprint density at radius 1 is 1.35 bits per heavy atom. The van der Waals surface area contributed by atoms with Crippen LogP contribution in [0.5, 0.6) is 0 Å². The number of fused-ring (bicyclic) bond motifs is 1. The first-order valence-corrected chi connectivity index (χ1v) is 7.61. The summed E-state index contributed by atoms with van der Waals surface area (Å²) in [7, 11) is 0. The van der Waals surface area contributed by atoms with Crippen molar-refractivity contribution < 1.29 is 0 Å². The third-order valence-corrected chi connectivity index (χ3v) is 3.93. The van der Waals surface area contributed by atoms with Crippen molar-refractivity contribution in [2.75, 3.05) is 6.26 Å². The van der Waals surface area contributed by atoms with Gasteiger partial charge in [0.1, 0.15) is 0 Å². The average Bonchev–Trinajstić information content (AvgIpc) is 2.76. The molecule has 0 unspecified atom stereocenters. The van der Waals surface area contributed by atoms with E-state index < -0.39 is 0 Å². The van der Waals surface area contributed by atoms with Gasteiger partial charge in [-0.3, -0.25) is 9.78 Å². The lowest BCUT2D eigenvalue weighted by Gasteiger charge is -2.15. The van der Waals surface area contributed by atoms with E-state index in [0.29, 0.717) is 5.39 Å². The van der Waals surface area contributed by atoms with Gasteiger partial charge < -0.3 is 4.57 Å². The van der Waals surface area contributed by atoms with E-state index in [1.165, 1.54) is 0 Å². The summed E-state index contributed by atoms with van der Waals surface area (Å²) in [6.07, 6.45) is 16.7. The smallest absolute Gasteiger partial charge is 0.190 e. The zero-order valence-corrected chi connectivity index (χ0v) is 11.9. The molecule has 0 spiro atoms. The van der Waals surface area contributed by atoms with Gasteiger partial charge in [-0.1, -0.05) is 18.2 Å². The van der Waals surface area contributed by atoms with Crippen LogP contribution in [0.15, 0.2) is 64.7 Å². The van der Waals surface area contributed by atoms with E-state index >= 15 is 0 Å². The predicted octanol–water partition coefficient (Wildman–Crippen LogP) is 3.48. The Morgan fingerprint density at radius 3 is 3.10 bits per heavy atom. The molecule has 3 nitrogen and oxygen atoms in total. The van der Waals surface area contributed by atoms with Crippen LogP contribution in [-0.4, -0.2) is 15.8 Å². The van der Waals surface area contributed by atoms with Gasteiger partial charge in [0.2, 0.25) is 0 Å². The number of aromatic nitrogens is 2. The van der Waals surface area contributed by atoms with Crippen LogP contribution in [0.25, 0.3) is 16.6 Å². The molecule has 20 heavy (non-hydrogen) atoms. The summed E-state index contributed by atoms with van der Waals surface area (Å²) in [6.45, 7) is 0. The van der Waals surface area contributed by atoms with Gasteiger partial charge in [-0.25, -0.2) is 0 Å². The molecule has 1 aliphatic rings. The Bertz CT molecular complexity index is 800. The molecular weight excluding hydrogens is 268 g/mol. The first-order chi connectivity index (χ1) is 9.81. The number of pyridine rings is 2. The van der Waals surface area contributed by atoms with Crippen LogP contribution in [-0.2, 0) is 0 Å². The van der Waals surface area contributed by atoms with Crippen LogP contribution in [0, 0.1) is 0 Å². The molecule has 2 aromatic rings. The summed E-state index contributed by atoms with van der Waals surface area (Å²) in [6, 6.07) is 3.46. The van der Waals surface area contributed by atoms with Gasteiger partial charge in [-0.15, -0.1) is 11.8 Å². The Kier molecular flexibility index (Phi) is 3.56. The molecule has 0 amide bonds. The Hall–Kier alpha value is -2.07. The summed E-state index contributed by atoms with van der Waals surface area (Å²) in [5.74, 6) is 0. The number of hydrogen-bond donors (Lipinski definition) is 0. The second-order valence-electron chi connectivity index (χ2n) is 4.44. The van der Waals surface area contributed by atoms with Crippen LogP contribution in [0.4, 0.5) is 0 Å². The molecule has 1 aliphatic carbocycles. The first kappa shape index (κ1) is 12.9. The molecule has 3 rings (SSSR count). The van der Waals surface area contributed by atoms with Gasteiger partial charge in [0.05, 0.1) is 16.7 Å². The molecule has 2 heterocycles. The van der Waals surface area contributed by atoms with Gasteiger partial charge in [0.25, 0.3) is 0 Å². The molecule has 0 bridgehead atoms. The van der Waals surface area contributed by atoms with Crippen molar-refractivity contribution in [3.63, 3.8) is 0 Å². The van der Waals surface area contributed by atoms with Crippen LogP contribution in [0.1, 0.15) is 6.42 Å². The molecular formula is C16H14N2OS. The summed E-state index contributed by atoms with van der Waals surface area (Å²) in [5, 5.41) is 1.61. The van der Waals surface area contributed by atoms with Gasteiger partial charge >= 0.3 is 0 Å². The fraction of sp³-hybridized carbons (Fsp3) is 0.125. The van der Waals surface area contributed by atoms with Crippen molar-refractivity contribution in [3.8, 4) is 0 Å². The third-order valence-electron chi connectivity index (χ3n) is 3.21. The standard InChI is InChI=1S/C16H14N2OS/c1-20-16-10-15(19)13-8-9-17-11-14(13)18(16)12-6-4-2-3-5-7-12/h2,4-11H,3H2,1H3. The van der Waals surface area contributed by atoms with E-state index in [9.17, 15) is 4.79 Å². The van der Waals surface area contributed by atoms with Gasteiger partial charge in [0, 0.05) is 23.3 Å². The number of nitrogens with zero attached hydrogens (tertiary/aromatic N) is 2. The molecule has 0 aromatic carbocycles. The minimum atomic E-state index is 0.0387. The lowest BCUT2D eigenvalue weighted by atomic mass is 10.2. The highest BCUT2D eigenvalue weighted by Gasteiger charge is 2.10. The van der Waals surface area contributed by atoms with E-state index in [1.54, 1.807) is 36.3 Å². The molecule has 0 fully saturated rings. The maximum absolute atomic E-state index is 12.2. The number of rotatable bonds is 2. The molecule has 0 radical (unpaired) electrons. The van der Waals surface area contributed by atoms with Crippen molar-refractivity contribution in [1.29, 1.82) is 0 Å². The third kappa shape index (κ3) is 2.23. The van der Waals surface area contributed by atoms with Crippen molar-refractivity contribution in [1.82, 2.24) is 9.55 Å². The molecule has 0 atom stereocenters. The highest BCUT2D eigenvalue weighted by atomic mass is 32.2. The highest BCUT2D eigenvalue weighted by molar-refractivity contribution is 7.98. The summed E-state index contributed by atoms with van der Waals surface area (Å²) in [5.41, 5.74) is 1.92. The lowest BCUT2D eigenvalue weighted by molar-refractivity contribution is 0.989. The van der Waals surface area contributed by atoms with E-state index in [4.69, 9.17) is 0 Å². The summed E-state index contributed by atoms with van der Waals surface area (Å²) in [4.78, 5) is 16.3. The normalized spacial score (nSPS) is 14.3. The average molecular weight is 282 g/mol. The molecule has 4 heteroatoms. The maximum Gasteiger partial charge on any atom is 0.190 e. The quantitative estimate of drug-likeness (QED) is 0.791. The Labute approximate surface area is 121 Å². The zero-order valence-electron chi connectivity index (χ0n) is 11.1. The SMILES string of the molecule is CSc1cc(=O)c2ccncc2n1C1=CC=CCC=C1. The number of hydrogen-bond acceptors (Lipinski definition) is 3. The van der Waals surface area contributed by atoms with Crippen LogP contribution >= 0.6 is 11.8 Å². The van der Waals surface area contributed by atoms with E-state index in [0.717, 1.165) is 22.7 Å². The first-order valence-electron chi connectivity index (χ1n) is 6.39. The fourth-order valence-electron chi connectivity index (χ4n) is 2.28. The fourth-order valence-corrected chi connectivity index (χ4v) is 2.89. The highest BCUT2D eigenvalue weighted by Crippen LogP contribution is 2.25. The topological polar surface area (TPSA) is 34.9 Å². The second kappa shape index (κ2) is 5.51.